The van der Waals surface area contributed by atoms with Crippen molar-refractivity contribution >= 4 is 6.03 Å². The van der Waals surface area contributed by atoms with Gasteiger partial charge in [-0.15, -0.1) is 0 Å². The summed E-state index contributed by atoms with van der Waals surface area (Å²) in [4.78, 5) is 11.8. The molecule has 2 amide bonds. The number of carbonyl (C=O) groups is 1. The Bertz CT molecular complexity index is 558. The van der Waals surface area contributed by atoms with Gasteiger partial charge in [0.25, 0.3) is 0 Å². The smallest absolute Gasteiger partial charge is 0.416 e. The van der Waals surface area contributed by atoms with Gasteiger partial charge >= 0.3 is 12.2 Å². The van der Waals surface area contributed by atoms with Gasteiger partial charge in [0.2, 0.25) is 0 Å². The fourth-order valence-corrected chi connectivity index (χ4v) is 2.66. The van der Waals surface area contributed by atoms with E-state index in [-0.39, 0.29) is 17.9 Å². The van der Waals surface area contributed by atoms with Gasteiger partial charge in [0, 0.05) is 13.1 Å². The van der Waals surface area contributed by atoms with Crippen molar-refractivity contribution in [2.24, 2.45) is 5.92 Å². The van der Waals surface area contributed by atoms with Crippen LogP contribution in [0, 0.1) is 5.92 Å². The average molecular weight is 345 g/mol. The van der Waals surface area contributed by atoms with Crippen molar-refractivity contribution in [3.63, 3.8) is 0 Å². The largest absolute Gasteiger partial charge is 0.497 e. The molecule has 1 aromatic carbocycles. The van der Waals surface area contributed by atoms with Crippen LogP contribution in [0.4, 0.5) is 18.0 Å². The number of alkyl halides is 3. The summed E-state index contributed by atoms with van der Waals surface area (Å²) in [6.07, 6.45) is -2.54. The molecule has 1 saturated heterocycles. The van der Waals surface area contributed by atoms with E-state index in [4.69, 9.17) is 4.74 Å². The second kappa shape index (κ2) is 8.23. The van der Waals surface area contributed by atoms with Gasteiger partial charge in [-0.25, -0.2) is 4.79 Å². The number of amides is 2. The van der Waals surface area contributed by atoms with E-state index in [9.17, 15) is 18.0 Å². The molecule has 1 aromatic rings. The summed E-state index contributed by atoms with van der Waals surface area (Å²) in [5.41, 5.74) is -0.805. The molecule has 1 aliphatic rings. The molecule has 1 aliphatic heterocycles. The topological polar surface area (TPSA) is 62.4 Å². The molecule has 0 bridgehead atoms. The van der Waals surface area contributed by atoms with E-state index in [1.807, 2.05) is 0 Å². The van der Waals surface area contributed by atoms with Crippen LogP contribution >= 0.6 is 0 Å². The van der Waals surface area contributed by atoms with Gasteiger partial charge < -0.3 is 20.7 Å². The number of rotatable bonds is 5. The molecule has 5 nitrogen and oxygen atoms in total. The lowest BCUT2D eigenvalue weighted by atomic mass is 9.98. The Morgan fingerprint density at radius 2 is 2.00 bits per heavy atom. The van der Waals surface area contributed by atoms with E-state index in [0.717, 1.165) is 32.0 Å². The zero-order chi connectivity index (χ0) is 17.6. The van der Waals surface area contributed by atoms with Gasteiger partial charge in [-0.1, -0.05) is 6.07 Å². The van der Waals surface area contributed by atoms with Crippen LogP contribution in [0.3, 0.4) is 0 Å². The van der Waals surface area contributed by atoms with Gasteiger partial charge in [-0.2, -0.15) is 13.2 Å². The second-order valence-corrected chi connectivity index (χ2v) is 5.78. The fourth-order valence-electron chi connectivity index (χ4n) is 2.66. The van der Waals surface area contributed by atoms with Crippen molar-refractivity contribution < 1.29 is 22.7 Å². The lowest BCUT2D eigenvalue weighted by Crippen LogP contribution is -2.40. The summed E-state index contributed by atoms with van der Waals surface area (Å²) in [7, 11) is 1.31. The normalized spacial score (nSPS) is 15.8. The summed E-state index contributed by atoms with van der Waals surface area (Å²) in [5.74, 6) is 0.533. The first-order valence-corrected chi connectivity index (χ1v) is 7.86. The zero-order valence-corrected chi connectivity index (χ0v) is 13.5. The van der Waals surface area contributed by atoms with Crippen LogP contribution in [0.2, 0.25) is 0 Å². The van der Waals surface area contributed by atoms with E-state index < -0.39 is 17.8 Å². The van der Waals surface area contributed by atoms with Gasteiger partial charge in [0.05, 0.1) is 12.7 Å². The van der Waals surface area contributed by atoms with Crippen LogP contribution in [0.15, 0.2) is 18.2 Å². The zero-order valence-electron chi connectivity index (χ0n) is 13.5. The van der Waals surface area contributed by atoms with Gasteiger partial charge in [-0.3, -0.25) is 0 Å². The number of ether oxygens (including phenoxy) is 1. The van der Waals surface area contributed by atoms with E-state index in [1.165, 1.54) is 19.2 Å². The first-order valence-electron chi connectivity index (χ1n) is 7.86. The maximum absolute atomic E-state index is 13.1. The fraction of sp³-hybridized carbons (Fsp3) is 0.562. The number of carbonyl (C=O) groups excluding carboxylic acids is 1. The monoisotopic (exact) mass is 345 g/mol. The summed E-state index contributed by atoms with van der Waals surface area (Å²) in [6, 6.07) is 3.23. The van der Waals surface area contributed by atoms with Crippen molar-refractivity contribution in [1.29, 1.82) is 0 Å². The molecular formula is C16H22F3N3O2. The molecule has 0 atom stereocenters. The van der Waals surface area contributed by atoms with Crippen LogP contribution in [-0.2, 0) is 12.7 Å². The van der Waals surface area contributed by atoms with Crippen LogP contribution in [0.25, 0.3) is 0 Å². The highest BCUT2D eigenvalue weighted by molar-refractivity contribution is 5.73. The summed E-state index contributed by atoms with van der Waals surface area (Å²) in [5, 5.41) is 8.44. The van der Waals surface area contributed by atoms with Crippen LogP contribution < -0.4 is 20.7 Å². The minimum atomic E-state index is -4.50. The number of nitrogens with one attached hydrogen (secondary N) is 3. The van der Waals surface area contributed by atoms with Crippen molar-refractivity contribution in [1.82, 2.24) is 16.0 Å². The third kappa shape index (κ3) is 5.30. The third-order valence-electron chi connectivity index (χ3n) is 4.07. The number of hydrogen-bond donors (Lipinski definition) is 3. The first-order chi connectivity index (χ1) is 11.4. The predicted molar refractivity (Wildman–Crippen MR) is 83.8 cm³/mol. The third-order valence-corrected chi connectivity index (χ3v) is 4.07. The van der Waals surface area contributed by atoms with Crippen LogP contribution in [-0.4, -0.2) is 32.8 Å². The Hall–Kier alpha value is -1.96. The lowest BCUT2D eigenvalue weighted by molar-refractivity contribution is -0.138. The molecule has 0 radical (unpaired) electrons. The second-order valence-electron chi connectivity index (χ2n) is 5.78. The highest BCUT2D eigenvalue weighted by Crippen LogP contribution is 2.34. The van der Waals surface area contributed by atoms with Crippen molar-refractivity contribution in [3.05, 3.63) is 29.3 Å². The van der Waals surface area contributed by atoms with E-state index in [1.54, 1.807) is 0 Å². The number of halogens is 3. The first kappa shape index (κ1) is 18.4. The van der Waals surface area contributed by atoms with Crippen molar-refractivity contribution in [2.75, 3.05) is 26.7 Å². The van der Waals surface area contributed by atoms with E-state index >= 15 is 0 Å². The molecule has 0 spiro atoms. The maximum atomic E-state index is 13.1. The predicted octanol–water partition coefficient (Wildman–Crippen LogP) is 2.51. The molecule has 0 saturated carbocycles. The molecule has 2 rings (SSSR count). The number of urea groups is 1. The molecule has 0 unspecified atom stereocenters. The molecule has 134 valence electrons. The number of hydrogen-bond acceptors (Lipinski definition) is 3. The highest BCUT2D eigenvalue weighted by Gasteiger charge is 2.33. The van der Waals surface area contributed by atoms with Gasteiger partial charge in [-0.05, 0) is 49.5 Å². The highest BCUT2D eigenvalue weighted by atomic mass is 19.4. The minimum Gasteiger partial charge on any atom is -0.497 e. The Morgan fingerprint density at radius 1 is 1.29 bits per heavy atom. The molecule has 8 heteroatoms. The van der Waals surface area contributed by atoms with E-state index in [0.29, 0.717) is 12.5 Å². The van der Waals surface area contributed by atoms with Gasteiger partial charge in [0.15, 0.2) is 0 Å². The number of methoxy groups -OCH3 is 1. The Labute approximate surface area is 138 Å². The van der Waals surface area contributed by atoms with Crippen LogP contribution in [0.1, 0.15) is 24.0 Å². The molecule has 1 fully saturated rings. The maximum Gasteiger partial charge on any atom is 0.416 e. The van der Waals surface area contributed by atoms with Gasteiger partial charge in [0.1, 0.15) is 5.75 Å². The SMILES string of the molecule is COc1ccc(CNC(=O)NCC2CCNCC2)c(C(F)(F)F)c1. The van der Waals surface area contributed by atoms with Crippen LogP contribution in [0.5, 0.6) is 5.75 Å². The lowest BCUT2D eigenvalue weighted by Gasteiger charge is -2.22. The Kier molecular flexibility index (Phi) is 6.30. The molecule has 0 aromatic heterocycles. The minimum absolute atomic E-state index is 0.000293. The van der Waals surface area contributed by atoms with Crippen molar-refractivity contribution in [2.45, 2.75) is 25.6 Å². The Balaban J connectivity index is 1.89. The number of benzene rings is 1. The molecule has 0 aliphatic carbocycles. The van der Waals surface area contributed by atoms with Crippen molar-refractivity contribution in [3.8, 4) is 5.75 Å². The molecule has 3 N–H and O–H groups in total. The summed E-state index contributed by atoms with van der Waals surface area (Å²) >= 11 is 0. The number of piperidine rings is 1. The summed E-state index contributed by atoms with van der Waals surface area (Å²) < 4.78 is 44.1. The summed E-state index contributed by atoms with van der Waals surface area (Å²) in [6.45, 7) is 2.18. The quantitative estimate of drug-likeness (QED) is 0.768. The molecule has 24 heavy (non-hydrogen) atoms. The standard InChI is InChI=1S/C16H22F3N3O2/c1-24-13-3-2-12(14(8-13)16(17,18)19)10-22-15(23)21-9-11-4-6-20-7-5-11/h2-3,8,11,20H,4-7,9-10H2,1H3,(H2,21,22,23). The Morgan fingerprint density at radius 3 is 2.62 bits per heavy atom. The van der Waals surface area contributed by atoms with E-state index in [2.05, 4.69) is 16.0 Å². The average Bonchev–Trinajstić information content (AvgIpc) is 2.58. The molecule has 1 heterocycles. The molecular weight excluding hydrogens is 323 g/mol.